The van der Waals surface area contributed by atoms with Crippen molar-refractivity contribution in [1.29, 1.82) is 0 Å². The summed E-state index contributed by atoms with van der Waals surface area (Å²) in [5, 5.41) is 9.34. The standard InChI is InChI=1S/C12H15ClN2O2/c13-11-7-8(14)1-4-10(11)12(17)15(5-6-16)9-2-3-9/h1,4,7,9,16H,2-3,5-6,14H2. The molecular formula is C12H15ClN2O2. The molecule has 0 unspecified atom stereocenters. The number of anilines is 1. The summed E-state index contributed by atoms with van der Waals surface area (Å²) in [6.45, 7) is 0.318. The Kier molecular flexibility index (Phi) is 3.54. The molecule has 5 heteroatoms. The van der Waals surface area contributed by atoms with Crippen molar-refractivity contribution in [1.82, 2.24) is 4.90 Å². The van der Waals surface area contributed by atoms with E-state index in [1.807, 2.05) is 0 Å². The lowest BCUT2D eigenvalue weighted by Gasteiger charge is -2.21. The van der Waals surface area contributed by atoms with Crippen LogP contribution in [0.2, 0.25) is 5.02 Å². The Morgan fingerprint density at radius 3 is 2.76 bits per heavy atom. The largest absolute Gasteiger partial charge is 0.399 e. The molecule has 1 aromatic rings. The fourth-order valence-electron chi connectivity index (χ4n) is 1.80. The van der Waals surface area contributed by atoms with E-state index in [4.69, 9.17) is 22.4 Å². The molecule has 1 aliphatic carbocycles. The van der Waals surface area contributed by atoms with Crippen molar-refractivity contribution < 1.29 is 9.90 Å². The maximum absolute atomic E-state index is 12.2. The normalized spacial score (nSPS) is 14.7. The number of aliphatic hydroxyl groups is 1. The van der Waals surface area contributed by atoms with Gasteiger partial charge in [-0.15, -0.1) is 0 Å². The highest BCUT2D eigenvalue weighted by Gasteiger charge is 2.33. The first-order chi connectivity index (χ1) is 8.13. The number of hydrogen-bond acceptors (Lipinski definition) is 3. The molecule has 1 aromatic carbocycles. The van der Waals surface area contributed by atoms with Crippen molar-refractivity contribution in [3.05, 3.63) is 28.8 Å². The van der Waals surface area contributed by atoms with Crippen molar-refractivity contribution >= 4 is 23.2 Å². The molecule has 0 spiro atoms. The lowest BCUT2D eigenvalue weighted by atomic mass is 10.1. The van der Waals surface area contributed by atoms with Gasteiger partial charge in [-0.3, -0.25) is 4.79 Å². The fraction of sp³-hybridized carbons (Fsp3) is 0.417. The Morgan fingerprint density at radius 1 is 1.53 bits per heavy atom. The predicted octanol–water partition coefficient (Wildman–Crippen LogP) is 1.52. The molecule has 0 heterocycles. The van der Waals surface area contributed by atoms with Crippen molar-refractivity contribution in [2.45, 2.75) is 18.9 Å². The monoisotopic (exact) mass is 254 g/mol. The summed E-state index contributed by atoms with van der Waals surface area (Å²) >= 11 is 6.00. The Labute approximate surface area is 105 Å². The van der Waals surface area contributed by atoms with Crippen LogP contribution in [-0.4, -0.2) is 35.1 Å². The van der Waals surface area contributed by atoms with Gasteiger partial charge in [0.05, 0.1) is 17.2 Å². The number of amides is 1. The Hall–Kier alpha value is -1.26. The van der Waals surface area contributed by atoms with Crippen LogP contribution in [0.4, 0.5) is 5.69 Å². The van der Waals surface area contributed by atoms with E-state index in [-0.39, 0.29) is 18.6 Å². The van der Waals surface area contributed by atoms with Crippen LogP contribution in [-0.2, 0) is 0 Å². The number of halogens is 1. The number of nitrogens with zero attached hydrogens (tertiary/aromatic N) is 1. The molecule has 0 saturated heterocycles. The number of benzene rings is 1. The molecule has 1 aliphatic rings. The Morgan fingerprint density at radius 2 is 2.24 bits per heavy atom. The molecule has 1 saturated carbocycles. The second-order valence-electron chi connectivity index (χ2n) is 4.19. The van der Waals surface area contributed by atoms with Crippen molar-refractivity contribution in [2.24, 2.45) is 0 Å². The summed E-state index contributed by atoms with van der Waals surface area (Å²) in [6.07, 6.45) is 2.00. The zero-order chi connectivity index (χ0) is 12.4. The molecule has 4 nitrogen and oxygen atoms in total. The highest BCUT2D eigenvalue weighted by molar-refractivity contribution is 6.34. The van der Waals surface area contributed by atoms with Crippen molar-refractivity contribution in [2.75, 3.05) is 18.9 Å². The number of nitrogens with two attached hydrogens (primary N) is 1. The maximum atomic E-state index is 12.2. The highest BCUT2D eigenvalue weighted by atomic mass is 35.5. The Bertz CT molecular complexity index is 433. The molecule has 2 rings (SSSR count). The van der Waals surface area contributed by atoms with E-state index < -0.39 is 0 Å². The predicted molar refractivity (Wildman–Crippen MR) is 67.0 cm³/mol. The van der Waals surface area contributed by atoms with E-state index in [0.717, 1.165) is 12.8 Å². The van der Waals surface area contributed by atoms with Gasteiger partial charge in [0, 0.05) is 18.3 Å². The van der Waals surface area contributed by atoms with Crippen LogP contribution in [0.5, 0.6) is 0 Å². The molecular weight excluding hydrogens is 240 g/mol. The van der Waals surface area contributed by atoms with E-state index in [9.17, 15) is 4.79 Å². The molecule has 0 aromatic heterocycles. The third kappa shape index (κ3) is 2.70. The number of aliphatic hydroxyl groups excluding tert-OH is 1. The van der Waals surface area contributed by atoms with Gasteiger partial charge in [-0.05, 0) is 31.0 Å². The van der Waals surface area contributed by atoms with Gasteiger partial charge in [-0.1, -0.05) is 11.6 Å². The first-order valence-electron chi connectivity index (χ1n) is 5.60. The fourth-order valence-corrected chi connectivity index (χ4v) is 2.07. The Balaban J connectivity index is 2.22. The van der Waals surface area contributed by atoms with E-state index >= 15 is 0 Å². The molecule has 1 amide bonds. The van der Waals surface area contributed by atoms with E-state index in [1.54, 1.807) is 23.1 Å². The minimum absolute atomic E-state index is 0.0329. The van der Waals surface area contributed by atoms with E-state index in [1.165, 1.54) is 0 Å². The van der Waals surface area contributed by atoms with E-state index in [0.29, 0.717) is 22.8 Å². The van der Waals surface area contributed by atoms with Gasteiger partial charge in [-0.25, -0.2) is 0 Å². The number of carbonyl (C=O) groups is 1. The molecule has 92 valence electrons. The summed E-state index contributed by atoms with van der Waals surface area (Å²) in [7, 11) is 0. The first kappa shape index (κ1) is 12.2. The molecule has 3 N–H and O–H groups in total. The molecule has 1 fully saturated rings. The number of hydrogen-bond donors (Lipinski definition) is 2. The van der Waals surface area contributed by atoms with Crippen LogP contribution in [0, 0.1) is 0 Å². The van der Waals surface area contributed by atoms with Gasteiger partial charge in [0.25, 0.3) is 5.91 Å². The van der Waals surface area contributed by atoms with Gasteiger partial charge in [0.15, 0.2) is 0 Å². The zero-order valence-corrected chi connectivity index (χ0v) is 10.2. The SMILES string of the molecule is Nc1ccc(C(=O)N(CCO)C2CC2)c(Cl)c1. The third-order valence-corrected chi connectivity index (χ3v) is 3.13. The molecule has 0 bridgehead atoms. The average Bonchev–Trinajstić information content (AvgIpc) is 3.09. The zero-order valence-electron chi connectivity index (χ0n) is 9.40. The smallest absolute Gasteiger partial charge is 0.255 e. The molecule has 17 heavy (non-hydrogen) atoms. The van der Waals surface area contributed by atoms with Crippen molar-refractivity contribution in [3.63, 3.8) is 0 Å². The quantitative estimate of drug-likeness (QED) is 0.801. The van der Waals surface area contributed by atoms with Gasteiger partial charge in [-0.2, -0.15) is 0 Å². The number of carbonyl (C=O) groups excluding carboxylic acids is 1. The van der Waals surface area contributed by atoms with Crippen LogP contribution in [0.15, 0.2) is 18.2 Å². The van der Waals surface area contributed by atoms with E-state index in [2.05, 4.69) is 0 Å². The van der Waals surface area contributed by atoms with Gasteiger partial charge in [0.2, 0.25) is 0 Å². The lowest BCUT2D eigenvalue weighted by molar-refractivity contribution is 0.0708. The summed E-state index contributed by atoms with van der Waals surface area (Å²) < 4.78 is 0. The van der Waals surface area contributed by atoms with Gasteiger partial charge in [0.1, 0.15) is 0 Å². The topological polar surface area (TPSA) is 66.6 Å². The average molecular weight is 255 g/mol. The minimum atomic E-state index is -0.133. The van der Waals surface area contributed by atoms with Gasteiger partial charge < -0.3 is 15.7 Å². The maximum Gasteiger partial charge on any atom is 0.255 e. The summed E-state index contributed by atoms with van der Waals surface area (Å²) in [6, 6.07) is 5.11. The van der Waals surface area contributed by atoms with Crippen LogP contribution >= 0.6 is 11.6 Å². The van der Waals surface area contributed by atoms with Gasteiger partial charge >= 0.3 is 0 Å². The molecule has 0 atom stereocenters. The van der Waals surface area contributed by atoms with Crippen LogP contribution in [0.25, 0.3) is 0 Å². The molecule has 0 radical (unpaired) electrons. The van der Waals surface area contributed by atoms with Crippen LogP contribution in [0.1, 0.15) is 23.2 Å². The summed E-state index contributed by atoms with van der Waals surface area (Å²) in [5.41, 5.74) is 6.56. The second kappa shape index (κ2) is 4.94. The first-order valence-corrected chi connectivity index (χ1v) is 5.98. The number of rotatable bonds is 4. The second-order valence-corrected chi connectivity index (χ2v) is 4.60. The number of nitrogen functional groups attached to an aromatic ring is 1. The van der Waals surface area contributed by atoms with Crippen LogP contribution < -0.4 is 5.73 Å². The van der Waals surface area contributed by atoms with Crippen molar-refractivity contribution in [3.8, 4) is 0 Å². The van der Waals surface area contributed by atoms with Crippen LogP contribution in [0.3, 0.4) is 0 Å². The summed E-state index contributed by atoms with van der Waals surface area (Å²) in [5.74, 6) is -0.133. The highest BCUT2D eigenvalue weighted by Crippen LogP contribution is 2.29. The minimum Gasteiger partial charge on any atom is -0.399 e. The third-order valence-electron chi connectivity index (χ3n) is 2.81. The molecule has 0 aliphatic heterocycles. The lowest BCUT2D eigenvalue weighted by Crippen LogP contribution is -2.35. The summed E-state index contributed by atoms with van der Waals surface area (Å²) in [4.78, 5) is 13.9.